The number of hydrogen-bond acceptors (Lipinski definition) is 2. The minimum atomic E-state index is -0.167. The van der Waals surface area contributed by atoms with Crippen molar-refractivity contribution in [2.75, 3.05) is 29.9 Å². The zero-order chi connectivity index (χ0) is 17.4. The predicted octanol–water partition coefficient (Wildman–Crippen LogP) is 4.21. The second-order valence-corrected chi connectivity index (χ2v) is 5.85. The van der Waals surface area contributed by atoms with Crippen molar-refractivity contribution in [2.24, 2.45) is 0 Å². The van der Waals surface area contributed by atoms with Gasteiger partial charge in [0, 0.05) is 31.0 Å². The van der Waals surface area contributed by atoms with E-state index in [4.69, 9.17) is 0 Å². The lowest BCUT2D eigenvalue weighted by Crippen LogP contribution is -2.37. The monoisotopic (exact) mass is 325 g/mol. The third kappa shape index (κ3) is 5.30. The number of urea groups is 1. The molecule has 2 aromatic carbocycles. The number of rotatable bonds is 7. The first-order valence-electron chi connectivity index (χ1n) is 8.57. The summed E-state index contributed by atoms with van der Waals surface area (Å²) in [6, 6.07) is 16.2. The number of nitrogens with zero attached hydrogens (tertiary/aromatic N) is 1. The first kappa shape index (κ1) is 17.9. The highest BCUT2D eigenvalue weighted by Crippen LogP contribution is 2.15. The minimum absolute atomic E-state index is 0.167. The molecule has 0 bridgehead atoms. The Labute approximate surface area is 144 Å². The molecule has 0 aromatic heterocycles. The fourth-order valence-electron chi connectivity index (χ4n) is 2.60. The number of hydrogen-bond donors (Lipinski definition) is 2. The molecule has 0 aliphatic heterocycles. The fraction of sp³-hybridized carbons (Fsp3) is 0.350. The van der Waals surface area contributed by atoms with Gasteiger partial charge in [-0.2, -0.15) is 0 Å². The Hall–Kier alpha value is -2.49. The van der Waals surface area contributed by atoms with Crippen molar-refractivity contribution in [1.29, 1.82) is 0 Å². The number of nitrogens with one attached hydrogen (secondary N) is 2. The van der Waals surface area contributed by atoms with E-state index < -0.39 is 0 Å². The molecule has 0 saturated heterocycles. The van der Waals surface area contributed by atoms with Crippen molar-refractivity contribution in [3.8, 4) is 0 Å². The van der Waals surface area contributed by atoms with Crippen molar-refractivity contribution in [3.05, 3.63) is 59.7 Å². The highest BCUT2D eigenvalue weighted by Gasteiger charge is 2.06. The molecule has 0 radical (unpaired) electrons. The SMILES string of the molecule is CCc1ccc(NC(=O)NCCN(CC)c2cccc(C)c2)cc1. The standard InChI is InChI=1S/C20H27N3O/c1-4-17-9-11-18(12-10-17)22-20(24)21-13-14-23(5-2)19-8-6-7-16(3)15-19/h6-12,15H,4-5,13-14H2,1-3H3,(H2,21,22,24). The molecule has 4 heteroatoms. The van der Waals surface area contributed by atoms with Gasteiger partial charge in [-0.1, -0.05) is 31.2 Å². The van der Waals surface area contributed by atoms with Gasteiger partial charge in [0.25, 0.3) is 0 Å². The van der Waals surface area contributed by atoms with Crippen LogP contribution in [0.1, 0.15) is 25.0 Å². The summed E-state index contributed by atoms with van der Waals surface area (Å²) < 4.78 is 0. The molecule has 2 aromatic rings. The van der Waals surface area contributed by atoms with Gasteiger partial charge in [0.1, 0.15) is 0 Å². The number of benzene rings is 2. The Bertz CT molecular complexity index is 652. The number of carbonyl (C=O) groups is 1. The van der Waals surface area contributed by atoms with E-state index in [9.17, 15) is 4.79 Å². The van der Waals surface area contributed by atoms with Gasteiger partial charge in [-0.05, 0) is 55.7 Å². The second-order valence-electron chi connectivity index (χ2n) is 5.85. The zero-order valence-electron chi connectivity index (χ0n) is 14.8. The highest BCUT2D eigenvalue weighted by atomic mass is 16.2. The van der Waals surface area contributed by atoms with Crippen LogP contribution in [-0.4, -0.2) is 25.7 Å². The van der Waals surface area contributed by atoms with E-state index in [-0.39, 0.29) is 6.03 Å². The third-order valence-electron chi connectivity index (χ3n) is 4.04. The molecule has 24 heavy (non-hydrogen) atoms. The van der Waals surface area contributed by atoms with E-state index in [0.29, 0.717) is 6.54 Å². The molecule has 2 amide bonds. The fourth-order valence-corrected chi connectivity index (χ4v) is 2.60. The predicted molar refractivity (Wildman–Crippen MR) is 102 cm³/mol. The third-order valence-corrected chi connectivity index (χ3v) is 4.04. The normalized spacial score (nSPS) is 10.3. The molecule has 2 rings (SSSR count). The van der Waals surface area contributed by atoms with Gasteiger partial charge in [0.2, 0.25) is 0 Å². The Morgan fingerprint density at radius 1 is 1.08 bits per heavy atom. The van der Waals surface area contributed by atoms with Crippen LogP contribution in [-0.2, 0) is 6.42 Å². The lowest BCUT2D eigenvalue weighted by Gasteiger charge is -2.23. The first-order chi connectivity index (χ1) is 11.6. The molecule has 0 saturated carbocycles. The summed E-state index contributed by atoms with van der Waals surface area (Å²) in [6.07, 6.45) is 0.998. The van der Waals surface area contributed by atoms with Crippen molar-refractivity contribution >= 4 is 17.4 Å². The van der Waals surface area contributed by atoms with Gasteiger partial charge < -0.3 is 15.5 Å². The van der Waals surface area contributed by atoms with Crippen molar-refractivity contribution in [1.82, 2.24) is 5.32 Å². The summed E-state index contributed by atoms with van der Waals surface area (Å²) in [5, 5.41) is 5.78. The lowest BCUT2D eigenvalue weighted by molar-refractivity contribution is 0.252. The summed E-state index contributed by atoms with van der Waals surface area (Å²) in [6.45, 7) is 8.61. The summed E-state index contributed by atoms with van der Waals surface area (Å²) >= 11 is 0. The minimum Gasteiger partial charge on any atom is -0.370 e. The molecule has 0 aliphatic carbocycles. The molecule has 0 atom stereocenters. The summed E-state index contributed by atoms with van der Waals surface area (Å²) in [5.74, 6) is 0. The van der Waals surface area contributed by atoms with Crippen LogP contribution in [0.4, 0.5) is 16.2 Å². The van der Waals surface area contributed by atoms with Gasteiger partial charge in [-0.25, -0.2) is 4.79 Å². The molecule has 128 valence electrons. The maximum atomic E-state index is 12.0. The maximum absolute atomic E-state index is 12.0. The molecule has 0 spiro atoms. The average molecular weight is 325 g/mol. The average Bonchev–Trinajstić information content (AvgIpc) is 2.59. The maximum Gasteiger partial charge on any atom is 0.319 e. The van der Waals surface area contributed by atoms with E-state index in [1.165, 1.54) is 16.8 Å². The van der Waals surface area contributed by atoms with Gasteiger partial charge in [0.15, 0.2) is 0 Å². The smallest absolute Gasteiger partial charge is 0.319 e. The van der Waals surface area contributed by atoms with Gasteiger partial charge in [-0.3, -0.25) is 0 Å². The van der Waals surface area contributed by atoms with E-state index in [1.54, 1.807) is 0 Å². The van der Waals surface area contributed by atoms with Crippen LogP contribution < -0.4 is 15.5 Å². The number of carbonyl (C=O) groups excluding carboxylic acids is 1. The number of likely N-dealkylation sites (N-methyl/N-ethyl adjacent to an activating group) is 1. The summed E-state index contributed by atoms with van der Waals surface area (Å²) in [7, 11) is 0. The lowest BCUT2D eigenvalue weighted by atomic mass is 10.1. The zero-order valence-corrected chi connectivity index (χ0v) is 14.8. The van der Waals surface area contributed by atoms with Gasteiger partial charge in [-0.15, -0.1) is 0 Å². The Morgan fingerprint density at radius 3 is 2.46 bits per heavy atom. The number of anilines is 2. The Morgan fingerprint density at radius 2 is 1.83 bits per heavy atom. The van der Waals surface area contributed by atoms with E-state index in [1.807, 2.05) is 24.3 Å². The molecular weight excluding hydrogens is 298 g/mol. The van der Waals surface area contributed by atoms with Crippen molar-refractivity contribution in [2.45, 2.75) is 27.2 Å². The van der Waals surface area contributed by atoms with Crippen LogP contribution in [0.2, 0.25) is 0 Å². The molecular formula is C20H27N3O. The van der Waals surface area contributed by atoms with Crippen LogP contribution in [0.15, 0.2) is 48.5 Å². The first-order valence-corrected chi connectivity index (χ1v) is 8.57. The van der Waals surface area contributed by atoms with Crippen molar-refractivity contribution < 1.29 is 4.79 Å². The number of amides is 2. The van der Waals surface area contributed by atoms with Crippen LogP contribution in [0.25, 0.3) is 0 Å². The van der Waals surface area contributed by atoms with Gasteiger partial charge in [0.05, 0.1) is 0 Å². The van der Waals surface area contributed by atoms with E-state index >= 15 is 0 Å². The van der Waals surface area contributed by atoms with Crippen LogP contribution in [0.3, 0.4) is 0 Å². The molecule has 4 nitrogen and oxygen atoms in total. The molecule has 0 heterocycles. The van der Waals surface area contributed by atoms with Crippen LogP contribution >= 0.6 is 0 Å². The molecule has 0 unspecified atom stereocenters. The summed E-state index contributed by atoms with van der Waals surface area (Å²) in [5.41, 5.74) is 4.51. The second kappa shape index (κ2) is 8.96. The van der Waals surface area contributed by atoms with Crippen molar-refractivity contribution in [3.63, 3.8) is 0 Å². The van der Waals surface area contributed by atoms with Crippen LogP contribution in [0, 0.1) is 6.92 Å². The number of aryl methyl sites for hydroxylation is 2. The molecule has 0 aliphatic rings. The van der Waals surface area contributed by atoms with E-state index in [2.05, 4.69) is 60.6 Å². The quantitative estimate of drug-likeness (QED) is 0.801. The topological polar surface area (TPSA) is 44.4 Å². The Kier molecular flexibility index (Phi) is 6.67. The highest BCUT2D eigenvalue weighted by molar-refractivity contribution is 5.89. The summed E-state index contributed by atoms with van der Waals surface area (Å²) in [4.78, 5) is 14.2. The van der Waals surface area contributed by atoms with Crippen LogP contribution in [0.5, 0.6) is 0 Å². The van der Waals surface area contributed by atoms with Gasteiger partial charge >= 0.3 is 6.03 Å². The van der Waals surface area contributed by atoms with E-state index in [0.717, 1.165) is 25.2 Å². The largest absolute Gasteiger partial charge is 0.370 e. The molecule has 0 fully saturated rings. The molecule has 2 N–H and O–H groups in total. The Balaban J connectivity index is 1.80.